The van der Waals surface area contributed by atoms with E-state index >= 15 is 0 Å². The number of nitrogens with zero attached hydrogens (tertiary/aromatic N) is 2. The van der Waals surface area contributed by atoms with Crippen molar-refractivity contribution in [3.05, 3.63) is 23.0 Å². The average Bonchev–Trinajstić information content (AvgIpc) is 2.64. The highest BCUT2D eigenvalue weighted by Crippen LogP contribution is 2.23. The fraction of sp³-hybridized carbons (Fsp3) is 0.688. The second-order valence-corrected chi connectivity index (χ2v) is 5.91. The lowest BCUT2D eigenvalue weighted by molar-refractivity contribution is 0.268. The molecule has 19 heavy (non-hydrogen) atoms. The Labute approximate surface area is 117 Å². The number of rotatable bonds is 3. The molecule has 0 aromatic carbocycles. The zero-order valence-corrected chi connectivity index (χ0v) is 12.6. The van der Waals surface area contributed by atoms with E-state index in [2.05, 4.69) is 23.7 Å². The standard InChI is InChI=1S/C16H27N3/c1-4-14-6-5-8-19(9-7-14)11-15-13(3)16(17)12(2)10-18-15/h10,14H,4-9,11H2,1-3H3,(H2,17,18). The molecule has 1 aromatic heterocycles. The second kappa shape index (κ2) is 6.38. The van der Waals surface area contributed by atoms with E-state index < -0.39 is 0 Å². The van der Waals surface area contributed by atoms with E-state index in [9.17, 15) is 0 Å². The summed E-state index contributed by atoms with van der Waals surface area (Å²) >= 11 is 0. The van der Waals surface area contributed by atoms with Crippen molar-refractivity contribution in [3.63, 3.8) is 0 Å². The maximum absolute atomic E-state index is 6.10. The molecule has 0 radical (unpaired) electrons. The van der Waals surface area contributed by atoms with Crippen LogP contribution in [0.2, 0.25) is 0 Å². The van der Waals surface area contributed by atoms with Gasteiger partial charge < -0.3 is 5.73 Å². The molecular formula is C16H27N3. The predicted octanol–water partition coefficient (Wildman–Crippen LogP) is 3.29. The monoisotopic (exact) mass is 261 g/mol. The maximum Gasteiger partial charge on any atom is 0.0593 e. The van der Waals surface area contributed by atoms with E-state index in [0.29, 0.717) is 0 Å². The number of nitrogen functional groups attached to an aromatic ring is 1. The van der Waals surface area contributed by atoms with Crippen LogP contribution in [0.1, 0.15) is 49.4 Å². The van der Waals surface area contributed by atoms with Gasteiger partial charge in [-0.25, -0.2) is 0 Å². The number of anilines is 1. The first-order chi connectivity index (χ1) is 9.11. The highest BCUT2D eigenvalue weighted by molar-refractivity contribution is 5.53. The highest BCUT2D eigenvalue weighted by Gasteiger charge is 2.17. The molecule has 1 saturated heterocycles. The molecule has 0 spiro atoms. The van der Waals surface area contributed by atoms with Gasteiger partial charge in [-0.1, -0.05) is 13.3 Å². The van der Waals surface area contributed by atoms with Gasteiger partial charge in [0.1, 0.15) is 0 Å². The van der Waals surface area contributed by atoms with Crippen molar-refractivity contribution >= 4 is 5.69 Å². The number of aromatic nitrogens is 1. The van der Waals surface area contributed by atoms with Crippen LogP contribution in [0, 0.1) is 19.8 Å². The van der Waals surface area contributed by atoms with E-state index in [4.69, 9.17) is 5.73 Å². The Morgan fingerprint density at radius 2 is 2.11 bits per heavy atom. The van der Waals surface area contributed by atoms with Crippen LogP contribution in [0.25, 0.3) is 0 Å². The summed E-state index contributed by atoms with van der Waals surface area (Å²) in [6.07, 6.45) is 7.26. The van der Waals surface area contributed by atoms with E-state index in [1.165, 1.54) is 38.8 Å². The maximum atomic E-state index is 6.10. The number of pyridine rings is 1. The normalized spacial score (nSPS) is 21.3. The smallest absolute Gasteiger partial charge is 0.0593 e. The number of likely N-dealkylation sites (tertiary alicyclic amines) is 1. The number of hydrogen-bond acceptors (Lipinski definition) is 3. The molecule has 106 valence electrons. The van der Waals surface area contributed by atoms with E-state index in [1.54, 1.807) is 0 Å². The molecule has 1 aliphatic heterocycles. The number of hydrogen-bond donors (Lipinski definition) is 1. The second-order valence-electron chi connectivity index (χ2n) is 5.91. The summed E-state index contributed by atoms with van der Waals surface area (Å²) in [6, 6.07) is 0. The van der Waals surface area contributed by atoms with Crippen molar-refractivity contribution in [1.29, 1.82) is 0 Å². The Bertz CT molecular complexity index is 428. The third-order valence-corrected chi connectivity index (χ3v) is 4.57. The lowest BCUT2D eigenvalue weighted by atomic mass is 9.98. The highest BCUT2D eigenvalue weighted by atomic mass is 15.1. The Morgan fingerprint density at radius 1 is 1.32 bits per heavy atom. The lowest BCUT2D eigenvalue weighted by Gasteiger charge is -2.21. The van der Waals surface area contributed by atoms with Gasteiger partial charge in [0.2, 0.25) is 0 Å². The van der Waals surface area contributed by atoms with Gasteiger partial charge in [-0.05, 0) is 63.2 Å². The van der Waals surface area contributed by atoms with Crippen LogP contribution in [-0.4, -0.2) is 23.0 Å². The molecule has 2 N–H and O–H groups in total. The summed E-state index contributed by atoms with van der Waals surface area (Å²) in [5.74, 6) is 0.919. The Morgan fingerprint density at radius 3 is 2.84 bits per heavy atom. The fourth-order valence-electron chi connectivity index (χ4n) is 2.95. The zero-order chi connectivity index (χ0) is 13.8. The number of aryl methyl sites for hydroxylation is 1. The topological polar surface area (TPSA) is 42.2 Å². The van der Waals surface area contributed by atoms with Crippen molar-refractivity contribution in [2.45, 2.75) is 53.0 Å². The van der Waals surface area contributed by atoms with Gasteiger partial charge in [-0.3, -0.25) is 9.88 Å². The summed E-state index contributed by atoms with van der Waals surface area (Å²) in [4.78, 5) is 7.12. The summed E-state index contributed by atoms with van der Waals surface area (Å²) < 4.78 is 0. The third-order valence-electron chi connectivity index (χ3n) is 4.57. The first-order valence-corrected chi connectivity index (χ1v) is 7.54. The van der Waals surface area contributed by atoms with Crippen LogP contribution in [0.4, 0.5) is 5.69 Å². The summed E-state index contributed by atoms with van der Waals surface area (Å²) in [7, 11) is 0. The van der Waals surface area contributed by atoms with Crippen LogP contribution in [0.5, 0.6) is 0 Å². The van der Waals surface area contributed by atoms with Gasteiger partial charge in [0, 0.05) is 18.4 Å². The Balaban J connectivity index is 2.03. The van der Waals surface area contributed by atoms with E-state index in [1.807, 2.05) is 13.1 Å². The van der Waals surface area contributed by atoms with Crippen LogP contribution < -0.4 is 5.73 Å². The molecule has 0 amide bonds. The zero-order valence-electron chi connectivity index (χ0n) is 12.6. The largest absolute Gasteiger partial charge is 0.398 e. The molecule has 1 atom stereocenters. The molecule has 3 heteroatoms. The quantitative estimate of drug-likeness (QED) is 0.908. The summed E-state index contributed by atoms with van der Waals surface area (Å²) in [6.45, 7) is 9.78. The van der Waals surface area contributed by atoms with Crippen LogP contribution in [-0.2, 0) is 6.54 Å². The van der Waals surface area contributed by atoms with E-state index in [0.717, 1.165) is 35.0 Å². The van der Waals surface area contributed by atoms with E-state index in [-0.39, 0.29) is 0 Å². The molecular weight excluding hydrogens is 234 g/mol. The minimum Gasteiger partial charge on any atom is -0.398 e. The SMILES string of the molecule is CCC1CCCN(Cc2ncc(C)c(N)c2C)CC1. The molecule has 1 fully saturated rings. The lowest BCUT2D eigenvalue weighted by Crippen LogP contribution is -2.25. The first-order valence-electron chi connectivity index (χ1n) is 7.54. The van der Waals surface area contributed by atoms with Gasteiger partial charge in [0.25, 0.3) is 0 Å². The molecule has 1 aliphatic rings. The molecule has 2 rings (SSSR count). The fourth-order valence-corrected chi connectivity index (χ4v) is 2.95. The summed E-state index contributed by atoms with van der Waals surface area (Å²) in [5.41, 5.74) is 10.4. The van der Waals surface area contributed by atoms with Crippen molar-refractivity contribution in [2.24, 2.45) is 5.92 Å². The molecule has 1 unspecified atom stereocenters. The van der Waals surface area contributed by atoms with Crippen molar-refractivity contribution in [2.75, 3.05) is 18.8 Å². The first kappa shape index (κ1) is 14.3. The van der Waals surface area contributed by atoms with Crippen molar-refractivity contribution < 1.29 is 0 Å². The van der Waals surface area contributed by atoms with Crippen LogP contribution in [0.3, 0.4) is 0 Å². The van der Waals surface area contributed by atoms with Crippen LogP contribution >= 0.6 is 0 Å². The molecule has 0 bridgehead atoms. The van der Waals surface area contributed by atoms with Crippen molar-refractivity contribution in [3.8, 4) is 0 Å². The molecule has 1 aromatic rings. The van der Waals surface area contributed by atoms with Gasteiger partial charge >= 0.3 is 0 Å². The molecule has 2 heterocycles. The van der Waals surface area contributed by atoms with Gasteiger partial charge in [-0.2, -0.15) is 0 Å². The molecule has 0 saturated carbocycles. The van der Waals surface area contributed by atoms with Gasteiger partial charge in [-0.15, -0.1) is 0 Å². The van der Waals surface area contributed by atoms with Gasteiger partial charge in [0.05, 0.1) is 5.69 Å². The van der Waals surface area contributed by atoms with Gasteiger partial charge in [0.15, 0.2) is 0 Å². The minimum absolute atomic E-state index is 0.909. The van der Waals surface area contributed by atoms with Crippen molar-refractivity contribution in [1.82, 2.24) is 9.88 Å². The predicted molar refractivity (Wildman–Crippen MR) is 81.0 cm³/mol. The Hall–Kier alpha value is -1.09. The van der Waals surface area contributed by atoms with Crippen LogP contribution in [0.15, 0.2) is 6.20 Å². The summed E-state index contributed by atoms with van der Waals surface area (Å²) in [5, 5.41) is 0. The molecule has 3 nitrogen and oxygen atoms in total. The minimum atomic E-state index is 0.909. The Kier molecular flexibility index (Phi) is 4.81. The third kappa shape index (κ3) is 3.47. The number of nitrogens with two attached hydrogens (primary N) is 1. The molecule has 0 aliphatic carbocycles. The average molecular weight is 261 g/mol.